The molecule has 4 unspecified atom stereocenters. The van der Waals surface area contributed by atoms with E-state index < -0.39 is 54.5 Å². The SMILES string of the molecule is CC(NC(=O)C(Cc1c[nH]c2ccccc12)NC(=O)C(N)CO)C(=O)NC(CCCN=C(N)N)C(=O)O. The molecular formula is C23H34N8O6. The highest BCUT2D eigenvalue weighted by Crippen LogP contribution is 2.19. The summed E-state index contributed by atoms with van der Waals surface area (Å²) in [5, 5.41) is 26.8. The number of carboxylic acids is 1. The molecule has 37 heavy (non-hydrogen) atoms. The quantitative estimate of drug-likeness (QED) is 0.0735. The number of aliphatic hydroxyl groups is 1. The normalized spacial score (nSPS) is 14.1. The van der Waals surface area contributed by atoms with E-state index in [1.54, 1.807) is 6.20 Å². The van der Waals surface area contributed by atoms with E-state index in [0.717, 1.165) is 16.5 Å². The van der Waals surface area contributed by atoms with Crippen LogP contribution in [0.4, 0.5) is 0 Å². The smallest absolute Gasteiger partial charge is 0.326 e. The molecule has 1 aromatic carbocycles. The van der Waals surface area contributed by atoms with E-state index in [0.29, 0.717) is 6.42 Å². The average molecular weight is 519 g/mol. The van der Waals surface area contributed by atoms with Gasteiger partial charge >= 0.3 is 5.97 Å². The van der Waals surface area contributed by atoms with Gasteiger partial charge in [0.05, 0.1) is 6.61 Å². The lowest BCUT2D eigenvalue weighted by Gasteiger charge is -2.23. The lowest BCUT2D eigenvalue weighted by atomic mass is 10.0. The van der Waals surface area contributed by atoms with Gasteiger partial charge in [0.15, 0.2) is 5.96 Å². The number of para-hydroxylation sites is 1. The number of H-pyrrole nitrogens is 1. The number of guanidine groups is 1. The third kappa shape index (κ3) is 8.77. The molecule has 14 heteroatoms. The summed E-state index contributed by atoms with van der Waals surface area (Å²) in [6.07, 6.45) is 2.14. The fourth-order valence-electron chi connectivity index (χ4n) is 3.53. The number of nitrogens with one attached hydrogen (secondary N) is 4. The van der Waals surface area contributed by atoms with Gasteiger partial charge in [0.2, 0.25) is 17.7 Å². The van der Waals surface area contributed by atoms with E-state index in [1.165, 1.54) is 6.92 Å². The van der Waals surface area contributed by atoms with Crippen molar-refractivity contribution in [3.8, 4) is 0 Å². The maximum absolute atomic E-state index is 13.1. The third-order valence-electron chi connectivity index (χ3n) is 5.58. The molecule has 0 spiro atoms. The van der Waals surface area contributed by atoms with Gasteiger partial charge in [-0.05, 0) is 31.4 Å². The lowest BCUT2D eigenvalue weighted by Crippen LogP contribution is -2.57. The van der Waals surface area contributed by atoms with Gasteiger partial charge in [-0.3, -0.25) is 19.4 Å². The number of rotatable bonds is 14. The van der Waals surface area contributed by atoms with Crippen LogP contribution in [0.15, 0.2) is 35.5 Å². The number of nitrogens with zero attached hydrogens (tertiary/aromatic N) is 1. The van der Waals surface area contributed by atoms with E-state index >= 15 is 0 Å². The van der Waals surface area contributed by atoms with Crippen LogP contribution in [0.2, 0.25) is 0 Å². The number of aliphatic carboxylic acids is 1. The molecule has 0 fully saturated rings. The Balaban J connectivity index is 2.09. The van der Waals surface area contributed by atoms with Gasteiger partial charge in [-0.15, -0.1) is 0 Å². The number of hydrogen-bond acceptors (Lipinski definition) is 7. The van der Waals surface area contributed by atoms with E-state index in [4.69, 9.17) is 17.2 Å². The first kappa shape index (κ1) is 29.1. The zero-order chi connectivity index (χ0) is 27.5. The van der Waals surface area contributed by atoms with Gasteiger partial charge in [-0.1, -0.05) is 18.2 Å². The number of benzene rings is 1. The van der Waals surface area contributed by atoms with Crippen LogP contribution in [-0.2, 0) is 25.6 Å². The van der Waals surface area contributed by atoms with Crippen molar-refractivity contribution in [2.24, 2.45) is 22.2 Å². The Kier molecular flexibility index (Phi) is 10.8. The molecule has 1 aromatic heterocycles. The number of aromatic amines is 1. The van der Waals surface area contributed by atoms with Crippen LogP contribution in [0.3, 0.4) is 0 Å². The Morgan fingerprint density at radius 1 is 1.03 bits per heavy atom. The first-order valence-electron chi connectivity index (χ1n) is 11.6. The predicted molar refractivity (Wildman–Crippen MR) is 136 cm³/mol. The van der Waals surface area contributed by atoms with E-state index in [2.05, 4.69) is 25.9 Å². The Labute approximate surface area is 213 Å². The Morgan fingerprint density at radius 3 is 2.35 bits per heavy atom. The average Bonchev–Trinajstić information content (AvgIpc) is 3.27. The van der Waals surface area contributed by atoms with Crippen LogP contribution in [0, 0.1) is 0 Å². The van der Waals surface area contributed by atoms with E-state index in [-0.39, 0.29) is 25.3 Å². The van der Waals surface area contributed by atoms with Crippen LogP contribution >= 0.6 is 0 Å². The first-order valence-corrected chi connectivity index (χ1v) is 11.6. The number of hydrogen-bond donors (Lipinski definition) is 9. The molecule has 202 valence electrons. The molecule has 0 saturated carbocycles. The second-order valence-corrected chi connectivity index (χ2v) is 8.49. The molecule has 0 aliphatic rings. The number of aliphatic hydroxyl groups excluding tert-OH is 1. The van der Waals surface area contributed by atoms with Crippen LogP contribution in [0.1, 0.15) is 25.3 Å². The molecule has 0 saturated heterocycles. The van der Waals surface area contributed by atoms with Crippen LogP contribution in [0.5, 0.6) is 0 Å². The lowest BCUT2D eigenvalue weighted by molar-refractivity contribution is -0.142. The predicted octanol–water partition coefficient (Wildman–Crippen LogP) is -2.36. The zero-order valence-corrected chi connectivity index (χ0v) is 20.4. The molecule has 1 heterocycles. The molecule has 0 radical (unpaired) electrons. The Morgan fingerprint density at radius 2 is 1.70 bits per heavy atom. The molecule has 2 aromatic rings. The van der Waals surface area contributed by atoms with Gasteiger partial charge in [-0.2, -0.15) is 0 Å². The van der Waals surface area contributed by atoms with Crippen LogP contribution in [-0.4, -0.2) is 82.2 Å². The fraction of sp³-hybridized carbons (Fsp3) is 0.435. The second kappa shape index (κ2) is 13.8. The summed E-state index contributed by atoms with van der Waals surface area (Å²) in [6.45, 7) is 0.959. The Bertz CT molecular complexity index is 1130. The van der Waals surface area contributed by atoms with Gasteiger partial charge in [0, 0.05) is 30.1 Å². The van der Waals surface area contributed by atoms with Crippen molar-refractivity contribution >= 4 is 40.6 Å². The number of aliphatic imine (C=N–C) groups is 1. The summed E-state index contributed by atoms with van der Waals surface area (Å²) >= 11 is 0. The molecule has 14 nitrogen and oxygen atoms in total. The van der Waals surface area contributed by atoms with Gasteiger partial charge in [-0.25, -0.2) is 4.79 Å². The number of carbonyl (C=O) groups excluding carboxylic acids is 3. The number of carbonyl (C=O) groups is 4. The van der Waals surface area contributed by atoms with Crippen molar-refractivity contribution in [2.75, 3.05) is 13.2 Å². The van der Waals surface area contributed by atoms with Crippen LogP contribution < -0.4 is 33.2 Å². The number of aromatic nitrogens is 1. The van der Waals surface area contributed by atoms with Crippen LogP contribution in [0.25, 0.3) is 10.9 Å². The van der Waals surface area contributed by atoms with Crippen molar-refractivity contribution in [3.63, 3.8) is 0 Å². The highest BCUT2D eigenvalue weighted by molar-refractivity contribution is 5.94. The fourth-order valence-corrected chi connectivity index (χ4v) is 3.53. The van der Waals surface area contributed by atoms with Crippen molar-refractivity contribution in [2.45, 2.75) is 50.4 Å². The standard InChI is InChI=1S/C23H34N8O6/c1-12(19(33)30-17(22(36)37)7-4-8-27-23(25)26)29-21(35)18(31-20(34)15(24)11-32)9-13-10-28-16-6-3-2-5-14(13)16/h2-3,5-6,10,12,15,17-18,28,32H,4,7-9,11,24H2,1H3,(H,29,35)(H,30,33)(H,31,34)(H,36,37)(H4,25,26,27). The van der Waals surface area contributed by atoms with Crippen molar-refractivity contribution < 1.29 is 29.4 Å². The van der Waals surface area contributed by atoms with Crippen molar-refractivity contribution in [3.05, 3.63) is 36.0 Å². The maximum atomic E-state index is 13.1. The van der Waals surface area contributed by atoms with Crippen molar-refractivity contribution in [1.29, 1.82) is 0 Å². The minimum Gasteiger partial charge on any atom is -0.480 e. The molecule has 0 aliphatic carbocycles. The summed E-state index contributed by atoms with van der Waals surface area (Å²) in [5.74, 6) is -3.54. The Hall–Kier alpha value is -4.17. The molecule has 3 amide bonds. The summed E-state index contributed by atoms with van der Waals surface area (Å²) in [7, 11) is 0. The molecule has 0 bridgehead atoms. The first-order chi connectivity index (χ1) is 17.5. The molecule has 12 N–H and O–H groups in total. The third-order valence-corrected chi connectivity index (χ3v) is 5.58. The van der Waals surface area contributed by atoms with Gasteiger partial charge in [0.1, 0.15) is 24.2 Å². The second-order valence-electron chi connectivity index (χ2n) is 8.49. The van der Waals surface area contributed by atoms with E-state index in [1.807, 2.05) is 24.3 Å². The van der Waals surface area contributed by atoms with Crippen molar-refractivity contribution in [1.82, 2.24) is 20.9 Å². The van der Waals surface area contributed by atoms with Gasteiger partial charge < -0.3 is 48.3 Å². The number of carboxylic acid groups (broad SMARTS) is 1. The summed E-state index contributed by atoms with van der Waals surface area (Å²) in [6, 6.07) is 2.68. The molecular weight excluding hydrogens is 484 g/mol. The molecule has 2 rings (SSSR count). The minimum atomic E-state index is -1.25. The molecule has 4 atom stereocenters. The number of amides is 3. The maximum Gasteiger partial charge on any atom is 0.326 e. The summed E-state index contributed by atoms with van der Waals surface area (Å²) in [4.78, 5) is 56.4. The topological polar surface area (TPSA) is 251 Å². The van der Waals surface area contributed by atoms with Gasteiger partial charge in [0.25, 0.3) is 0 Å². The zero-order valence-electron chi connectivity index (χ0n) is 20.4. The number of fused-ring (bicyclic) bond motifs is 1. The highest BCUT2D eigenvalue weighted by atomic mass is 16.4. The monoisotopic (exact) mass is 518 g/mol. The number of nitrogens with two attached hydrogens (primary N) is 3. The minimum absolute atomic E-state index is 0.0661. The molecule has 0 aliphatic heterocycles. The summed E-state index contributed by atoms with van der Waals surface area (Å²) in [5.41, 5.74) is 17.6. The van der Waals surface area contributed by atoms with E-state index in [9.17, 15) is 29.4 Å². The largest absolute Gasteiger partial charge is 0.480 e. The highest BCUT2D eigenvalue weighted by Gasteiger charge is 2.29. The summed E-state index contributed by atoms with van der Waals surface area (Å²) < 4.78 is 0.